The molecule has 1 N–H and O–H groups in total. The van der Waals surface area contributed by atoms with Gasteiger partial charge in [-0.1, -0.05) is 6.07 Å². The first-order valence-corrected chi connectivity index (χ1v) is 9.15. The number of carbonyl (C=O) groups is 1. The monoisotopic (exact) mass is 373 g/mol. The van der Waals surface area contributed by atoms with Crippen LogP contribution in [0.3, 0.4) is 0 Å². The minimum atomic E-state index is -0.611. The number of hydrogen-bond acceptors (Lipinski definition) is 6. The Balaban J connectivity index is 1.69. The van der Waals surface area contributed by atoms with Gasteiger partial charge in [-0.3, -0.25) is 9.69 Å². The lowest BCUT2D eigenvalue weighted by atomic mass is 9.85. The standard InChI is InChI=1S/C19H27N5O3/c1-26-13-9-22-18(25)19(24-12-8-20-15-24)5-10-23(11-6-19)14-16-4-3-7-21-17(16)27-2/h3-4,7-8,12,15H,5-6,9-11,13-14H2,1-2H3,(H,22,25). The molecule has 0 saturated carbocycles. The Labute approximate surface area is 159 Å². The summed E-state index contributed by atoms with van der Waals surface area (Å²) in [4.78, 5) is 23.7. The van der Waals surface area contributed by atoms with Crippen molar-refractivity contribution in [3.63, 3.8) is 0 Å². The molecule has 1 aliphatic rings. The van der Waals surface area contributed by atoms with E-state index in [1.54, 1.807) is 32.9 Å². The predicted octanol–water partition coefficient (Wildman–Crippen LogP) is 1.04. The summed E-state index contributed by atoms with van der Waals surface area (Å²) in [6.07, 6.45) is 8.48. The van der Waals surface area contributed by atoms with E-state index in [1.165, 1.54) is 0 Å². The van der Waals surface area contributed by atoms with Crippen LogP contribution in [0.2, 0.25) is 0 Å². The molecule has 3 rings (SSSR count). The van der Waals surface area contributed by atoms with Crippen molar-refractivity contribution in [3.8, 4) is 5.88 Å². The maximum Gasteiger partial charge on any atom is 0.246 e. The number of amides is 1. The van der Waals surface area contributed by atoms with Crippen LogP contribution in [0.4, 0.5) is 0 Å². The number of aromatic nitrogens is 3. The average Bonchev–Trinajstić information content (AvgIpc) is 3.24. The number of ether oxygens (including phenoxy) is 2. The molecule has 8 nitrogen and oxygen atoms in total. The molecule has 8 heteroatoms. The highest BCUT2D eigenvalue weighted by Crippen LogP contribution is 2.31. The van der Waals surface area contributed by atoms with E-state index in [1.807, 2.05) is 22.9 Å². The van der Waals surface area contributed by atoms with Gasteiger partial charge in [0.05, 0.1) is 20.0 Å². The molecule has 0 aromatic carbocycles. The zero-order valence-corrected chi connectivity index (χ0v) is 15.9. The summed E-state index contributed by atoms with van der Waals surface area (Å²) in [6.45, 7) is 3.35. The van der Waals surface area contributed by atoms with Crippen molar-refractivity contribution in [3.05, 3.63) is 42.6 Å². The van der Waals surface area contributed by atoms with Crippen LogP contribution in [-0.4, -0.2) is 65.8 Å². The molecule has 146 valence electrons. The van der Waals surface area contributed by atoms with E-state index < -0.39 is 5.54 Å². The molecule has 0 spiro atoms. The maximum absolute atomic E-state index is 13.0. The van der Waals surface area contributed by atoms with Gasteiger partial charge in [0.1, 0.15) is 5.54 Å². The van der Waals surface area contributed by atoms with Crippen molar-refractivity contribution < 1.29 is 14.3 Å². The molecule has 2 aromatic heterocycles. The number of nitrogens with zero attached hydrogens (tertiary/aromatic N) is 4. The van der Waals surface area contributed by atoms with Gasteiger partial charge < -0.3 is 19.4 Å². The topological polar surface area (TPSA) is 81.5 Å². The Morgan fingerprint density at radius 2 is 2.11 bits per heavy atom. The Hall–Kier alpha value is -2.45. The summed E-state index contributed by atoms with van der Waals surface area (Å²) in [5.41, 5.74) is 0.444. The zero-order valence-electron chi connectivity index (χ0n) is 15.9. The summed E-state index contributed by atoms with van der Waals surface area (Å²) in [5.74, 6) is 0.678. The number of pyridine rings is 1. The van der Waals surface area contributed by atoms with Crippen LogP contribution in [-0.2, 0) is 21.6 Å². The quantitative estimate of drug-likeness (QED) is 0.697. The van der Waals surface area contributed by atoms with Crippen molar-refractivity contribution in [2.75, 3.05) is 40.5 Å². The first kappa shape index (κ1) is 19.3. The number of carbonyl (C=O) groups excluding carboxylic acids is 1. The largest absolute Gasteiger partial charge is 0.481 e. The second-order valence-electron chi connectivity index (χ2n) is 6.70. The Bertz CT molecular complexity index is 727. The maximum atomic E-state index is 13.0. The fraction of sp³-hybridized carbons (Fsp3) is 0.526. The molecule has 27 heavy (non-hydrogen) atoms. The Morgan fingerprint density at radius 3 is 2.78 bits per heavy atom. The van der Waals surface area contributed by atoms with E-state index in [2.05, 4.69) is 20.2 Å². The molecule has 3 heterocycles. The van der Waals surface area contributed by atoms with Crippen LogP contribution in [0.25, 0.3) is 0 Å². The van der Waals surface area contributed by atoms with Crippen molar-refractivity contribution in [1.82, 2.24) is 24.8 Å². The van der Waals surface area contributed by atoms with Crippen LogP contribution >= 0.6 is 0 Å². The van der Waals surface area contributed by atoms with E-state index in [9.17, 15) is 4.79 Å². The smallest absolute Gasteiger partial charge is 0.246 e. The lowest BCUT2D eigenvalue weighted by Gasteiger charge is -2.41. The number of hydrogen-bond donors (Lipinski definition) is 1. The molecule has 0 unspecified atom stereocenters. The summed E-state index contributed by atoms with van der Waals surface area (Å²) < 4.78 is 12.3. The predicted molar refractivity (Wildman–Crippen MR) is 100 cm³/mol. The number of imidazole rings is 1. The van der Waals surface area contributed by atoms with Gasteiger partial charge in [0.2, 0.25) is 11.8 Å². The third-order valence-corrected chi connectivity index (χ3v) is 5.13. The van der Waals surface area contributed by atoms with Crippen LogP contribution in [0, 0.1) is 0 Å². The van der Waals surface area contributed by atoms with Gasteiger partial charge in [-0.2, -0.15) is 0 Å². The summed E-state index contributed by atoms with van der Waals surface area (Å²) >= 11 is 0. The molecule has 1 fully saturated rings. The first-order valence-electron chi connectivity index (χ1n) is 9.15. The number of rotatable bonds is 8. The van der Waals surface area contributed by atoms with Crippen molar-refractivity contribution in [1.29, 1.82) is 0 Å². The molecule has 2 aromatic rings. The molecule has 0 aliphatic carbocycles. The molecular formula is C19H27N5O3. The van der Waals surface area contributed by atoms with Gasteiger partial charge in [-0.15, -0.1) is 0 Å². The van der Waals surface area contributed by atoms with Crippen LogP contribution in [0.5, 0.6) is 5.88 Å². The van der Waals surface area contributed by atoms with Crippen LogP contribution in [0.1, 0.15) is 18.4 Å². The molecule has 0 atom stereocenters. The molecule has 1 amide bonds. The minimum absolute atomic E-state index is 0.0242. The van der Waals surface area contributed by atoms with Gasteiger partial charge in [-0.25, -0.2) is 9.97 Å². The first-order chi connectivity index (χ1) is 13.2. The fourth-order valence-electron chi connectivity index (χ4n) is 3.60. The lowest BCUT2D eigenvalue weighted by Crippen LogP contribution is -2.55. The SMILES string of the molecule is COCCNC(=O)C1(n2ccnc2)CCN(Cc2cccnc2OC)CC1. The third kappa shape index (κ3) is 4.28. The number of likely N-dealkylation sites (tertiary alicyclic amines) is 1. The summed E-state index contributed by atoms with van der Waals surface area (Å²) in [7, 11) is 3.26. The molecule has 1 saturated heterocycles. The highest BCUT2D eigenvalue weighted by Gasteiger charge is 2.42. The van der Waals surface area contributed by atoms with E-state index >= 15 is 0 Å². The van der Waals surface area contributed by atoms with E-state index in [0.717, 1.165) is 25.2 Å². The second-order valence-corrected chi connectivity index (χ2v) is 6.70. The van der Waals surface area contributed by atoms with Gasteiger partial charge >= 0.3 is 0 Å². The minimum Gasteiger partial charge on any atom is -0.481 e. The van der Waals surface area contributed by atoms with Gasteiger partial charge in [0.25, 0.3) is 0 Å². The summed E-state index contributed by atoms with van der Waals surface area (Å²) in [5, 5.41) is 3.00. The zero-order chi connectivity index (χ0) is 19.1. The van der Waals surface area contributed by atoms with E-state index in [4.69, 9.17) is 9.47 Å². The van der Waals surface area contributed by atoms with Crippen molar-refractivity contribution >= 4 is 5.91 Å². The third-order valence-electron chi connectivity index (χ3n) is 5.13. The molecular weight excluding hydrogens is 346 g/mol. The van der Waals surface area contributed by atoms with Crippen molar-refractivity contribution in [2.24, 2.45) is 0 Å². The van der Waals surface area contributed by atoms with Gasteiger partial charge in [-0.05, 0) is 18.9 Å². The number of methoxy groups -OCH3 is 2. The lowest BCUT2D eigenvalue weighted by molar-refractivity contribution is -0.132. The summed E-state index contributed by atoms with van der Waals surface area (Å²) in [6, 6.07) is 3.95. The van der Waals surface area contributed by atoms with Crippen molar-refractivity contribution in [2.45, 2.75) is 24.9 Å². The van der Waals surface area contributed by atoms with Gasteiger partial charge in [0, 0.05) is 57.4 Å². The van der Waals surface area contributed by atoms with E-state index in [-0.39, 0.29) is 5.91 Å². The molecule has 0 bridgehead atoms. The number of nitrogens with one attached hydrogen (secondary N) is 1. The highest BCUT2D eigenvalue weighted by atomic mass is 16.5. The molecule has 0 radical (unpaired) electrons. The Morgan fingerprint density at radius 1 is 1.30 bits per heavy atom. The number of piperidine rings is 1. The average molecular weight is 373 g/mol. The fourth-order valence-corrected chi connectivity index (χ4v) is 3.60. The van der Waals surface area contributed by atoms with Crippen LogP contribution in [0.15, 0.2) is 37.1 Å². The van der Waals surface area contributed by atoms with E-state index in [0.29, 0.717) is 31.9 Å². The second kappa shape index (κ2) is 8.96. The van der Waals surface area contributed by atoms with Gasteiger partial charge in [0.15, 0.2) is 0 Å². The van der Waals surface area contributed by atoms with Crippen LogP contribution < -0.4 is 10.1 Å². The normalized spacial score (nSPS) is 16.8. The highest BCUT2D eigenvalue weighted by molar-refractivity contribution is 5.84. The molecule has 1 aliphatic heterocycles. The Kier molecular flexibility index (Phi) is 6.41.